The average molecular weight is 338 g/mol. The second kappa shape index (κ2) is 5.29. The molecule has 0 atom stereocenters. The first kappa shape index (κ1) is 15.9. The molecule has 0 fully saturated rings. The van der Waals surface area contributed by atoms with E-state index in [1.165, 1.54) is 20.2 Å². The molecule has 0 spiro atoms. The van der Waals surface area contributed by atoms with Gasteiger partial charge in [-0.3, -0.25) is 4.90 Å². The molecule has 2 heterocycles. The first-order chi connectivity index (χ1) is 10.8. The molecule has 0 saturated carbocycles. The predicted octanol–water partition coefficient (Wildman–Crippen LogP) is 1.86. The lowest BCUT2D eigenvalue weighted by Crippen LogP contribution is -2.24. The highest BCUT2D eigenvalue weighted by Crippen LogP contribution is 2.42. The highest BCUT2D eigenvalue weighted by atomic mass is 32.2. The number of hydrogen-bond donors (Lipinski definition) is 2. The van der Waals surface area contributed by atoms with E-state index in [-0.39, 0.29) is 16.5 Å². The van der Waals surface area contributed by atoms with E-state index < -0.39 is 10.0 Å². The second-order valence-electron chi connectivity index (χ2n) is 5.76. The maximum absolute atomic E-state index is 12.7. The largest absolute Gasteiger partial charge is 0.493 e. The molecule has 1 aromatic carbocycles. The van der Waals surface area contributed by atoms with Crippen LogP contribution in [0.4, 0.5) is 5.69 Å². The van der Waals surface area contributed by atoms with Gasteiger partial charge >= 0.3 is 0 Å². The Balaban J connectivity index is 2.40. The van der Waals surface area contributed by atoms with Crippen molar-refractivity contribution in [3.05, 3.63) is 22.1 Å². The van der Waals surface area contributed by atoms with Gasteiger partial charge in [0.1, 0.15) is 0 Å². The van der Waals surface area contributed by atoms with E-state index in [0.717, 1.165) is 16.4 Å². The molecule has 2 aromatic rings. The summed E-state index contributed by atoms with van der Waals surface area (Å²) in [4.78, 5) is 16.0. The zero-order valence-corrected chi connectivity index (χ0v) is 13.9. The summed E-state index contributed by atoms with van der Waals surface area (Å²) in [7, 11) is -0.745. The van der Waals surface area contributed by atoms with Crippen molar-refractivity contribution in [1.82, 2.24) is 14.2 Å². The molecule has 1 aliphatic rings. The molecule has 0 saturated heterocycles. The van der Waals surface area contributed by atoms with Crippen LogP contribution in [0.5, 0.6) is 5.88 Å². The van der Waals surface area contributed by atoms with Crippen LogP contribution in [0.2, 0.25) is 0 Å². The van der Waals surface area contributed by atoms with Gasteiger partial charge < -0.3 is 10.1 Å². The van der Waals surface area contributed by atoms with E-state index in [0.29, 0.717) is 29.6 Å². The maximum Gasteiger partial charge on any atom is 0.242 e. The van der Waals surface area contributed by atoms with Crippen molar-refractivity contribution >= 4 is 26.6 Å². The average Bonchev–Trinajstić information content (AvgIpc) is 3.05. The fourth-order valence-electron chi connectivity index (χ4n) is 2.98. The third-order valence-electron chi connectivity index (χ3n) is 4.29. The summed E-state index contributed by atoms with van der Waals surface area (Å²) in [5.41, 5.74) is 1.90. The number of aromatic hydroxyl groups is 1. The number of H-pyrrole nitrogens is 1. The van der Waals surface area contributed by atoms with Gasteiger partial charge in [-0.15, -0.1) is 4.91 Å². The number of hydrogen-bond acceptors (Lipinski definition) is 6. The fraction of sp³-hybridized carbons (Fsp3) is 0.429. The Kier molecular flexibility index (Phi) is 3.66. The maximum atomic E-state index is 12.7. The van der Waals surface area contributed by atoms with Gasteiger partial charge in [0.15, 0.2) is 5.69 Å². The molecule has 23 heavy (non-hydrogen) atoms. The molecule has 0 radical (unpaired) electrons. The Bertz CT molecular complexity index is 901. The number of nitroso groups, excluding NO2 is 1. The molecule has 0 amide bonds. The Hall–Kier alpha value is -1.97. The summed E-state index contributed by atoms with van der Waals surface area (Å²) >= 11 is 0. The zero-order valence-electron chi connectivity index (χ0n) is 13.1. The smallest absolute Gasteiger partial charge is 0.242 e. The van der Waals surface area contributed by atoms with Crippen molar-refractivity contribution in [2.45, 2.75) is 24.9 Å². The normalized spacial score (nSPS) is 15.5. The molecule has 2 N–H and O–H groups in total. The minimum absolute atomic E-state index is 0.157. The summed E-state index contributed by atoms with van der Waals surface area (Å²) < 4.78 is 26.5. The molecule has 8 nitrogen and oxygen atoms in total. The van der Waals surface area contributed by atoms with E-state index >= 15 is 0 Å². The van der Waals surface area contributed by atoms with Crippen LogP contribution in [0.3, 0.4) is 0 Å². The van der Waals surface area contributed by atoms with E-state index in [4.69, 9.17) is 0 Å². The van der Waals surface area contributed by atoms with Gasteiger partial charge in [0.25, 0.3) is 0 Å². The fourth-order valence-corrected chi connectivity index (χ4v) is 4.14. The van der Waals surface area contributed by atoms with Gasteiger partial charge in [-0.2, -0.15) is 0 Å². The summed E-state index contributed by atoms with van der Waals surface area (Å²) in [6, 6.07) is 1.43. The standard InChI is InChI=1S/C14H18N4O4S/c1-4-18-6-9-10(7-18)12-8(13(16-20)14(19)15-12)5-11(9)23(21,22)17(2)3/h5,15,19H,4,6-7H2,1-3H3. The predicted molar refractivity (Wildman–Crippen MR) is 86.1 cm³/mol. The number of nitrogens with one attached hydrogen (secondary N) is 1. The van der Waals surface area contributed by atoms with Crippen molar-refractivity contribution in [2.24, 2.45) is 5.18 Å². The van der Waals surface area contributed by atoms with Crippen molar-refractivity contribution in [3.8, 4) is 5.88 Å². The molecule has 0 bridgehead atoms. The van der Waals surface area contributed by atoms with Crippen LogP contribution in [-0.4, -0.2) is 48.4 Å². The van der Waals surface area contributed by atoms with Crippen LogP contribution in [0.1, 0.15) is 18.1 Å². The molecular weight excluding hydrogens is 320 g/mol. The molecule has 1 aromatic heterocycles. The SMILES string of the molecule is CCN1Cc2c(S(=O)(=O)N(C)C)cc3c(N=O)c(O)[nH]c3c2C1. The second-order valence-corrected chi connectivity index (χ2v) is 7.88. The summed E-state index contributed by atoms with van der Waals surface area (Å²) in [6.45, 7) is 3.82. The van der Waals surface area contributed by atoms with Crippen molar-refractivity contribution in [3.63, 3.8) is 0 Å². The number of nitrogens with zero attached hydrogens (tertiary/aromatic N) is 3. The molecular formula is C14H18N4O4S. The first-order valence-corrected chi connectivity index (χ1v) is 8.62. The Labute approximate surface area is 133 Å². The highest BCUT2D eigenvalue weighted by Gasteiger charge is 2.32. The Morgan fingerprint density at radius 3 is 2.57 bits per heavy atom. The number of benzene rings is 1. The molecule has 1 aliphatic heterocycles. The van der Waals surface area contributed by atoms with Crippen LogP contribution in [-0.2, 0) is 23.1 Å². The number of sulfonamides is 1. The van der Waals surface area contributed by atoms with Crippen molar-refractivity contribution in [2.75, 3.05) is 20.6 Å². The molecule has 0 unspecified atom stereocenters. The van der Waals surface area contributed by atoms with Gasteiger partial charge in [0.2, 0.25) is 15.9 Å². The monoisotopic (exact) mass is 338 g/mol. The summed E-state index contributed by atoms with van der Waals surface area (Å²) in [5.74, 6) is -0.341. The van der Waals surface area contributed by atoms with Crippen molar-refractivity contribution in [1.29, 1.82) is 0 Å². The Morgan fingerprint density at radius 2 is 2.00 bits per heavy atom. The van der Waals surface area contributed by atoms with Gasteiger partial charge in [0, 0.05) is 32.6 Å². The van der Waals surface area contributed by atoms with Crippen LogP contribution in [0, 0.1) is 4.91 Å². The highest BCUT2D eigenvalue weighted by molar-refractivity contribution is 7.89. The lowest BCUT2D eigenvalue weighted by Gasteiger charge is -2.15. The van der Waals surface area contributed by atoms with Crippen LogP contribution in [0.15, 0.2) is 16.1 Å². The van der Waals surface area contributed by atoms with E-state index in [1.54, 1.807) is 0 Å². The summed E-state index contributed by atoms with van der Waals surface area (Å²) in [6.07, 6.45) is 0. The number of aromatic nitrogens is 1. The number of fused-ring (bicyclic) bond motifs is 3. The van der Waals surface area contributed by atoms with Crippen LogP contribution < -0.4 is 0 Å². The van der Waals surface area contributed by atoms with Crippen LogP contribution in [0.25, 0.3) is 10.9 Å². The first-order valence-electron chi connectivity index (χ1n) is 7.18. The lowest BCUT2D eigenvalue weighted by atomic mass is 10.1. The molecule has 124 valence electrons. The minimum atomic E-state index is -3.67. The van der Waals surface area contributed by atoms with Crippen LogP contribution >= 0.6 is 0 Å². The topological polar surface area (TPSA) is 106 Å². The van der Waals surface area contributed by atoms with Gasteiger partial charge in [-0.1, -0.05) is 6.92 Å². The van der Waals surface area contributed by atoms with E-state index in [9.17, 15) is 18.4 Å². The lowest BCUT2D eigenvalue weighted by molar-refractivity contribution is 0.300. The third-order valence-corrected chi connectivity index (χ3v) is 6.17. The van der Waals surface area contributed by atoms with Gasteiger partial charge in [-0.05, 0) is 28.9 Å². The molecule has 9 heteroatoms. The van der Waals surface area contributed by atoms with Gasteiger partial charge in [0.05, 0.1) is 10.4 Å². The quantitative estimate of drug-likeness (QED) is 0.828. The number of aromatic amines is 1. The number of rotatable bonds is 4. The molecule has 3 rings (SSSR count). The van der Waals surface area contributed by atoms with Gasteiger partial charge in [-0.25, -0.2) is 12.7 Å². The van der Waals surface area contributed by atoms with E-state index in [2.05, 4.69) is 15.1 Å². The van der Waals surface area contributed by atoms with E-state index in [1.807, 2.05) is 6.92 Å². The summed E-state index contributed by atoms with van der Waals surface area (Å²) in [5, 5.41) is 13.0. The Morgan fingerprint density at radius 1 is 1.35 bits per heavy atom. The molecule has 0 aliphatic carbocycles. The zero-order chi connectivity index (χ0) is 16.9. The minimum Gasteiger partial charge on any atom is -0.493 e. The van der Waals surface area contributed by atoms with Crippen molar-refractivity contribution < 1.29 is 13.5 Å². The third kappa shape index (κ3) is 2.23.